The van der Waals surface area contributed by atoms with Gasteiger partial charge in [0, 0.05) is 6.21 Å². The van der Waals surface area contributed by atoms with Gasteiger partial charge >= 0.3 is 12.1 Å². The number of aliphatic hydroxyl groups is 3. The fourth-order valence-corrected chi connectivity index (χ4v) is 3.19. The van der Waals surface area contributed by atoms with Crippen molar-refractivity contribution < 1.29 is 39.1 Å². The molecule has 33 heavy (non-hydrogen) atoms. The van der Waals surface area contributed by atoms with Gasteiger partial charge in [0.2, 0.25) is 0 Å². The van der Waals surface area contributed by atoms with E-state index in [1.165, 1.54) is 6.21 Å². The number of benzene rings is 2. The Morgan fingerprint density at radius 1 is 1.06 bits per heavy atom. The van der Waals surface area contributed by atoms with Crippen molar-refractivity contribution >= 4 is 18.3 Å². The average molecular weight is 458 g/mol. The van der Waals surface area contributed by atoms with Crippen LogP contribution in [0.5, 0.6) is 0 Å². The minimum absolute atomic E-state index is 0.0288. The molecule has 4 N–H and O–H groups in total. The number of amides is 1. The molecule has 0 spiro atoms. The van der Waals surface area contributed by atoms with E-state index in [2.05, 4.69) is 10.3 Å². The maximum atomic E-state index is 12.3. The molecular formula is C23H26N2O8. The van der Waals surface area contributed by atoms with Crippen molar-refractivity contribution in [2.24, 2.45) is 4.99 Å². The Labute approximate surface area is 190 Å². The highest BCUT2D eigenvalue weighted by Gasteiger charge is 2.46. The number of nitrogens with zero attached hydrogens (tertiary/aromatic N) is 1. The molecule has 1 fully saturated rings. The summed E-state index contributed by atoms with van der Waals surface area (Å²) >= 11 is 0. The van der Waals surface area contributed by atoms with Gasteiger partial charge in [0.15, 0.2) is 12.4 Å². The van der Waals surface area contributed by atoms with E-state index < -0.39 is 55.9 Å². The summed E-state index contributed by atoms with van der Waals surface area (Å²) in [6.07, 6.45) is -4.86. The number of hydrogen-bond donors (Lipinski definition) is 4. The van der Waals surface area contributed by atoms with Crippen molar-refractivity contribution in [3.05, 3.63) is 71.8 Å². The monoisotopic (exact) mass is 458 g/mol. The maximum absolute atomic E-state index is 12.3. The van der Waals surface area contributed by atoms with E-state index in [0.717, 1.165) is 11.1 Å². The molecule has 10 heteroatoms. The third kappa shape index (κ3) is 7.09. The third-order valence-corrected chi connectivity index (χ3v) is 4.89. The summed E-state index contributed by atoms with van der Waals surface area (Å²) in [5, 5.41) is 32.5. The summed E-state index contributed by atoms with van der Waals surface area (Å²) in [4.78, 5) is 28.4. The molecule has 1 heterocycles. The summed E-state index contributed by atoms with van der Waals surface area (Å²) in [6.45, 7) is -1.11. The van der Waals surface area contributed by atoms with Crippen molar-refractivity contribution in [1.82, 2.24) is 5.32 Å². The number of ether oxygens (including phenoxy) is 3. The van der Waals surface area contributed by atoms with Crippen LogP contribution >= 0.6 is 0 Å². The lowest BCUT2D eigenvalue weighted by Crippen LogP contribution is -2.59. The second-order valence-electron chi connectivity index (χ2n) is 7.29. The first-order valence-electron chi connectivity index (χ1n) is 10.3. The van der Waals surface area contributed by atoms with Crippen molar-refractivity contribution in [3.63, 3.8) is 0 Å². The van der Waals surface area contributed by atoms with Gasteiger partial charge < -0.3 is 34.8 Å². The normalized spacial score (nSPS) is 24.9. The summed E-state index contributed by atoms with van der Waals surface area (Å²) in [6, 6.07) is 16.8. The fraction of sp³-hybridized carbons (Fsp3) is 0.348. The predicted octanol–water partition coefficient (Wildman–Crippen LogP) is 0.383. The van der Waals surface area contributed by atoms with E-state index in [4.69, 9.17) is 14.2 Å². The van der Waals surface area contributed by atoms with Gasteiger partial charge in [0.05, 0.1) is 6.61 Å². The van der Waals surface area contributed by atoms with Crippen molar-refractivity contribution in [2.45, 2.75) is 37.3 Å². The summed E-state index contributed by atoms with van der Waals surface area (Å²) < 4.78 is 15.5. The topological polar surface area (TPSA) is 147 Å². The number of carbonyl (C=O) groups excluding carboxylic acids is 2. The van der Waals surface area contributed by atoms with Crippen LogP contribution in [0.25, 0.3) is 0 Å². The maximum Gasteiger partial charge on any atom is 0.407 e. The lowest BCUT2D eigenvalue weighted by molar-refractivity contribution is -0.253. The Kier molecular flexibility index (Phi) is 8.90. The van der Waals surface area contributed by atoms with Gasteiger partial charge in [-0.05, 0) is 11.1 Å². The van der Waals surface area contributed by atoms with Crippen LogP contribution in [0.3, 0.4) is 0 Å². The first kappa shape index (κ1) is 24.3. The van der Waals surface area contributed by atoms with E-state index in [1.54, 1.807) is 48.5 Å². The zero-order chi connectivity index (χ0) is 23.6. The minimum atomic E-state index is -1.54. The van der Waals surface area contributed by atoms with Gasteiger partial charge in [-0.1, -0.05) is 60.7 Å². The van der Waals surface area contributed by atoms with E-state index in [9.17, 15) is 24.9 Å². The van der Waals surface area contributed by atoms with Gasteiger partial charge in [-0.2, -0.15) is 0 Å². The summed E-state index contributed by atoms with van der Waals surface area (Å²) in [7, 11) is 0. The number of aliphatic imine (C=N–C) groups is 1. The van der Waals surface area contributed by atoms with E-state index in [0.29, 0.717) is 0 Å². The molecule has 1 aliphatic rings. The number of esters is 1. The van der Waals surface area contributed by atoms with E-state index >= 15 is 0 Å². The molecule has 10 nitrogen and oxygen atoms in total. The Balaban J connectivity index is 1.58. The highest BCUT2D eigenvalue weighted by molar-refractivity contribution is 5.80. The van der Waals surface area contributed by atoms with Crippen LogP contribution in [0.4, 0.5) is 4.79 Å². The van der Waals surface area contributed by atoms with E-state index in [-0.39, 0.29) is 6.61 Å². The molecule has 0 aliphatic carbocycles. The molecule has 3 rings (SSSR count). The Hall–Kier alpha value is -3.31. The number of rotatable bonds is 8. The lowest BCUT2D eigenvalue weighted by Gasteiger charge is -2.40. The molecule has 1 aliphatic heterocycles. The Morgan fingerprint density at radius 3 is 2.39 bits per heavy atom. The molecule has 0 aromatic heterocycles. The van der Waals surface area contributed by atoms with Crippen LogP contribution in [-0.4, -0.2) is 77.4 Å². The molecule has 1 saturated heterocycles. The molecule has 0 radical (unpaired) electrons. The highest BCUT2D eigenvalue weighted by Crippen LogP contribution is 2.25. The summed E-state index contributed by atoms with van der Waals surface area (Å²) in [5.74, 6) is -0.888. The smallest absolute Gasteiger partial charge is 0.407 e. The summed E-state index contributed by atoms with van der Waals surface area (Å²) in [5.41, 5.74) is 1.50. The van der Waals surface area contributed by atoms with Crippen LogP contribution in [0.2, 0.25) is 0 Å². The van der Waals surface area contributed by atoms with Crippen molar-refractivity contribution in [3.8, 4) is 0 Å². The fourth-order valence-electron chi connectivity index (χ4n) is 3.19. The first-order valence-corrected chi connectivity index (χ1v) is 10.3. The van der Waals surface area contributed by atoms with Crippen LogP contribution < -0.4 is 5.32 Å². The molecule has 0 saturated carbocycles. The van der Waals surface area contributed by atoms with Crippen LogP contribution in [0.15, 0.2) is 65.7 Å². The molecular weight excluding hydrogens is 432 g/mol. The second-order valence-corrected chi connectivity index (χ2v) is 7.29. The third-order valence-electron chi connectivity index (χ3n) is 4.89. The molecule has 5 atom stereocenters. The minimum Gasteiger partial charge on any atom is -0.456 e. The molecule has 2 aromatic carbocycles. The highest BCUT2D eigenvalue weighted by atomic mass is 16.6. The zero-order valence-electron chi connectivity index (χ0n) is 17.7. The SMILES string of the molecule is O=C(CNC(=O)OCc1ccccc1)O[C@H]1[C@H](O)[C@@H](CO)OC(O)[C@@H]1N=Cc1ccccc1. The zero-order valence-corrected chi connectivity index (χ0v) is 17.7. The van der Waals surface area contributed by atoms with E-state index in [1.807, 2.05) is 12.1 Å². The van der Waals surface area contributed by atoms with Gasteiger partial charge in [0.25, 0.3) is 0 Å². The number of hydrogen-bond acceptors (Lipinski definition) is 9. The molecule has 1 amide bonds. The lowest BCUT2D eigenvalue weighted by atomic mass is 9.97. The quantitative estimate of drug-likeness (QED) is 0.328. The second kappa shape index (κ2) is 12.1. The molecule has 0 bridgehead atoms. The first-order chi connectivity index (χ1) is 16.0. The standard InChI is InChI=1S/C23H26N2O8/c26-13-17-20(28)21(19(22(29)32-17)24-11-15-7-3-1-4-8-15)33-18(27)12-25-23(30)31-14-16-9-5-2-6-10-16/h1-11,17,19-22,26,28-29H,12-14H2,(H,25,30)/t17-,19-,20-,21-,22?/m1/s1. The molecule has 1 unspecified atom stereocenters. The Morgan fingerprint density at radius 2 is 1.73 bits per heavy atom. The predicted molar refractivity (Wildman–Crippen MR) is 116 cm³/mol. The van der Waals surface area contributed by atoms with Gasteiger partial charge in [-0.3, -0.25) is 9.79 Å². The molecule has 176 valence electrons. The van der Waals surface area contributed by atoms with Gasteiger partial charge in [-0.15, -0.1) is 0 Å². The van der Waals surface area contributed by atoms with Gasteiger partial charge in [-0.25, -0.2) is 4.79 Å². The van der Waals surface area contributed by atoms with Crippen LogP contribution in [0.1, 0.15) is 11.1 Å². The Bertz CT molecular complexity index is 925. The molecule has 2 aromatic rings. The average Bonchev–Trinajstić information content (AvgIpc) is 2.84. The number of alkyl carbamates (subject to hydrolysis) is 1. The number of aliphatic hydroxyl groups excluding tert-OH is 3. The van der Waals surface area contributed by atoms with Crippen LogP contribution in [-0.2, 0) is 25.6 Å². The van der Waals surface area contributed by atoms with Crippen molar-refractivity contribution in [2.75, 3.05) is 13.2 Å². The van der Waals surface area contributed by atoms with Crippen molar-refractivity contribution in [1.29, 1.82) is 0 Å². The number of nitrogens with one attached hydrogen (secondary N) is 1. The van der Waals surface area contributed by atoms with Crippen LogP contribution in [0, 0.1) is 0 Å². The van der Waals surface area contributed by atoms with Gasteiger partial charge in [0.1, 0.15) is 31.4 Å². The number of carbonyl (C=O) groups is 2. The largest absolute Gasteiger partial charge is 0.456 e.